The molecule has 5 heteroatoms. The van der Waals surface area contributed by atoms with Crippen molar-refractivity contribution in [1.29, 1.82) is 0 Å². The van der Waals surface area contributed by atoms with Gasteiger partial charge in [-0.2, -0.15) is 0 Å². The summed E-state index contributed by atoms with van der Waals surface area (Å²) in [5.74, 6) is -0.0774. The average Bonchev–Trinajstić information content (AvgIpc) is 2.74. The van der Waals surface area contributed by atoms with E-state index in [1.807, 2.05) is 4.90 Å². The number of hydrogen-bond donors (Lipinski definition) is 2. The van der Waals surface area contributed by atoms with E-state index < -0.39 is 5.41 Å². The van der Waals surface area contributed by atoms with E-state index in [0.717, 1.165) is 25.8 Å². The third kappa shape index (κ3) is 2.13. The lowest BCUT2D eigenvalue weighted by Gasteiger charge is -2.31. The Morgan fingerprint density at radius 1 is 1.62 bits per heavy atom. The van der Waals surface area contributed by atoms with Gasteiger partial charge < -0.3 is 15.8 Å². The highest BCUT2D eigenvalue weighted by molar-refractivity contribution is 6.06. The first-order valence-corrected chi connectivity index (χ1v) is 5.74. The van der Waals surface area contributed by atoms with Crippen molar-refractivity contribution < 1.29 is 10.0 Å². The lowest BCUT2D eigenvalue weighted by atomic mass is 9.89. The van der Waals surface area contributed by atoms with Crippen molar-refractivity contribution in [3.05, 3.63) is 0 Å². The molecule has 0 saturated carbocycles. The number of carbonyl (C=O) groups excluding carboxylic acids is 1. The number of amidine groups is 1. The Balaban J connectivity index is 2.85. The first-order valence-electron chi connectivity index (χ1n) is 5.74. The maximum Gasteiger partial charge on any atom is 0.236 e. The molecule has 1 unspecified atom stereocenters. The first kappa shape index (κ1) is 12.8. The second-order valence-corrected chi connectivity index (χ2v) is 4.81. The molecule has 1 rings (SSSR count). The molecular formula is C11H21N3O2. The molecule has 92 valence electrons. The second kappa shape index (κ2) is 4.72. The third-order valence-corrected chi connectivity index (χ3v) is 3.39. The summed E-state index contributed by atoms with van der Waals surface area (Å²) in [6.07, 6.45) is 3.04. The maximum atomic E-state index is 12.3. The molecule has 3 N–H and O–H groups in total. The zero-order valence-corrected chi connectivity index (χ0v) is 10.2. The highest BCUT2D eigenvalue weighted by Crippen LogP contribution is 2.27. The van der Waals surface area contributed by atoms with Crippen molar-refractivity contribution in [2.45, 2.75) is 46.1 Å². The average molecular weight is 227 g/mol. The third-order valence-electron chi connectivity index (χ3n) is 3.39. The number of likely N-dealkylation sites (tertiary alicyclic amines) is 1. The predicted octanol–water partition coefficient (Wildman–Crippen LogP) is 1.16. The van der Waals surface area contributed by atoms with E-state index in [4.69, 9.17) is 10.9 Å². The Kier molecular flexibility index (Phi) is 3.78. The molecule has 1 amide bonds. The highest BCUT2D eigenvalue weighted by Gasteiger charge is 2.40. The van der Waals surface area contributed by atoms with Crippen molar-refractivity contribution >= 4 is 11.7 Å². The minimum Gasteiger partial charge on any atom is -0.409 e. The maximum absolute atomic E-state index is 12.3. The topological polar surface area (TPSA) is 78.9 Å². The monoisotopic (exact) mass is 227 g/mol. The summed E-state index contributed by atoms with van der Waals surface area (Å²) in [5, 5.41) is 11.6. The van der Waals surface area contributed by atoms with Crippen molar-refractivity contribution in [1.82, 2.24) is 4.90 Å². The zero-order valence-electron chi connectivity index (χ0n) is 10.2. The van der Waals surface area contributed by atoms with Gasteiger partial charge in [0.2, 0.25) is 5.91 Å². The van der Waals surface area contributed by atoms with Crippen LogP contribution in [0.4, 0.5) is 0 Å². The smallest absolute Gasteiger partial charge is 0.236 e. The molecule has 5 nitrogen and oxygen atoms in total. The van der Waals surface area contributed by atoms with Gasteiger partial charge >= 0.3 is 0 Å². The molecule has 0 aromatic heterocycles. The zero-order chi connectivity index (χ0) is 12.3. The van der Waals surface area contributed by atoms with Gasteiger partial charge in [0.25, 0.3) is 0 Å². The van der Waals surface area contributed by atoms with Gasteiger partial charge in [0.05, 0.1) is 0 Å². The van der Waals surface area contributed by atoms with Crippen LogP contribution in [0.15, 0.2) is 5.16 Å². The fraction of sp³-hybridized carbons (Fsp3) is 0.818. The molecule has 0 aromatic rings. The van der Waals surface area contributed by atoms with Gasteiger partial charge in [-0.1, -0.05) is 12.1 Å². The number of rotatable bonds is 3. The molecule has 0 spiro atoms. The molecule has 1 saturated heterocycles. The fourth-order valence-corrected chi connectivity index (χ4v) is 2.12. The summed E-state index contributed by atoms with van der Waals surface area (Å²) in [6.45, 7) is 6.23. The minimum atomic E-state index is -0.924. The van der Waals surface area contributed by atoms with Crippen LogP contribution in [-0.4, -0.2) is 34.4 Å². The Labute approximate surface area is 96.3 Å². The van der Waals surface area contributed by atoms with E-state index in [2.05, 4.69) is 12.1 Å². The van der Waals surface area contributed by atoms with E-state index in [-0.39, 0.29) is 11.7 Å². The molecule has 1 aliphatic heterocycles. The molecule has 1 aliphatic rings. The van der Waals surface area contributed by atoms with Gasteiger partial charge in [-0.25, -0.2) is 0 Å². The second-order valence-electron chi connectivity index (χ2n) is 4.81. The quantitative estimate of drug-likeness (QED) is 0.328. The van der Waals surface area contributed by atoms with Crippen LogP contribution in [-0.2, 0) is 4.79 Å². The molecule has 0 bridgehead atoms. The summed E-state index contributed by atoms with van der Waals surface area (Å²) in [5.41, 5.74) is 4.63. The van der Waals surface area contributed by atoms with Crippen LogP contribution in [0.2, 0.25) is 0 Å². The molecule has 0 aromatic carbocycles. The van der Waals surface area contributed by atoms with Crippen LogP contribution in [0.3, 0.4) is 0 Å². The van der Waals surface area contributed by atoms with Gasteiger partial charge in [0, 0.05) is 12.6 Å². The largest absolute Gasteiger partial charge is 0.409 e. The van der Waals surface area contributed by atoms with E-state index in [1.165, 1.54) is 0 Å². The standard InChI is InChI=1S/C11H21N3O2/c1-4-8-6-5-7-14(8)10(15)11(2,3)9(12)13-16/h8,16H,4-7H2,1-3H3,(H2,12,13). The predicted molar refractivity (Wildman–Crippen MR) is 62.2 cm³/mol. The van der Waals surface area contributed by atoms with Crippen molar-refractivity contribution in [3.8, 4) is 0 Å². The van der Waals surface area contributed by atoms with Gasteiger partial charge in [0.15, 0.2) is 5.84 Å². The molecule has 1 fully saturated rings. The number of carbonyl (C=O) groups is 1. The summed E-state index contributed by atoms with van der Waals surface area (Å²) >= 11 is 0. The lowest BCUT2D eigenvalue weighted by Crippen LogP contribution is -2.49. The van der Waals surface area contributed by atoms with Crippen molar-refractivity contribution in [3.63, 3.8) is 0 Å². The Hall–Kier alpha value is -1.26. The normalized spacial score (nSPS) is 22.6. The van der Waals surface area contributed by atoms with Crippen LogP contribution >= 0.6 is 0 Å². The fourth-order valence-electron chi connectivity index (χ4n) is 2.12. The van der Waals surface area contributed by atoms with E-state index >= 15 is 0 Å². The van der Waals surface area contributed by atoms with Crippen LogP contribution in [0, 0.1) is 5.41 Å². The van der Waals surface area contributed by atoms with Crippen molar-refractivity contribution in [2.75, 3.05) is 6.54 Å². The number of nitrogens with two attached hydrogens (primary N) is 1. The Morgan fingerprint density at radius 2 is 2.25 bits per heavy atom. The minimum absolute atomic E-state index is 0.0285. The van der Waals surface area contributed by atoms with Crippen molar-refractivity contribution in [2.24, 2.45) is 16.3 Å². The summed E-state index contributed by atoms with van der Waals surface area (Å²) < 4.78 is 0. The molecule has 16 heavy (non-hydrogen) atoms. The van der Waals surface area contributed by atoms with Gasteiger partial charge in [-0.15, -0.1) is 0 Å². The van der Waals surface area contributed by atoms with Crippen LogP contribution in [0.1, 0.15) is 40.0 Å². The number of amides is 1. The summed E-state index contributed by atoms with van der Waals surface area (Å²) in [4.78, 5) is 14.1. The summed E-state index contributed by atoms with van der Waals surface area (Å²) in [6, 6.07) is 0.304. The van der Waals surface area contributed by atoms with Crippen LogP contribution in [0.25, 0.3) is 0 Å². The number of nitrogens with zero attached hydrogens (tertiary/aromatic N) is 2. The van der Waals surface area contributed by atoms with E-state index in [0.29, 0.717) is 6.04 Å². The lowest BCUT2D eigenvalue weighted by molar-refractivity contribution is -0.138. The van der Waals surface area contributed by atoms with E-state index in [1.54, 1.807) is 13.8 Å². The molecule has 1 heterocycles. The molecule has 1 atom stereocenters. The highest BCUT2D eigenvalue weighted by atomic mass is 16.4. The van der Waals surface area contributed by atoms with Gasteiger partial charge in [0.1, 0.15) is 5.41 Å². The van der Waals surface area contributed by atoms with Gasteiger partial charge in [-0.05, 0) is 33.1 Å². The molecule has 0 radical (unpaired) electrons. The van der Waals surface area contributed by atoms with E-state index in [9.17, 15) is 4.79 Å². The first-order chi connectivity index (χ1) is 7.45. The Morgan fingerprint density at radius 3 is 2.75 bits per heavy atom. The number of oxime groups is 1. The Bertz CT molecular complexity index is 300. The van der Waals surface area contributed by atoms with Gasteiger partial charge in [-0.3, -0.25) is 4.79 Å². The molecular weight excluding hydrogens is 206 g/mol. The SMILES string of the molecule is CCC1CCCN1C(=O)C(C)(C)C(N)=NO. The van der Waals surface area contributed by atoms with Crippen LogP contribution < -0.4 is 5.73 Å². The van der Waals surface area contributed by atoms with Crippen LogP contribution in [0.5, 0.6) is 0 Å². The summed E-state index contributed by atoms with van der Waals surface area (Å²) in [7, 11) is 0. The number of hydrogen-bond acceptors (Lipinski definition) is 3. The molecule has 0 aliphatic carbocycles.